The smallest absolute Gasteiger partial charge is 0.256 e. The number of hydrogen-bond donors (Lipinski definition) is 1. The lowest BCUT2D eigenvalue weighted by atomic mass is 9.93. The fraction of sp³-hybridized carbons (Fsp3) is 0.500. The predicted molar refractivity (Wildman–Crippen MR) is 63.0 cm³/mol. The van der Waals surface area contributed by atoms with E-state index in [0.29, 0.717) is 0 Å². The molecule has 2 nitrogen and oxygen atoms in total. The van der Waals surface area contributed by atoms with E-state index >= 15 is 0 Å². The van der Waals surface area contributed by atoms with Gasteiger partial charge in [0.05, 0.1) is 11.2 Å². The van der Waals surface area contributed by atoms with Crippen molar-refractivity contribution >= 4 is 5.69 Å². The summed E-state index contributed by atoms with van der Waals surface area (Å²) in [6, 6.07) is 2.19. The minimum Gasteiger partial charge on any atom is -0.375 e. The molecule has 0 aromatic heterocycles. The molecule has 1 aromatic rings. The number of benzene rings is 1. The highest BCUT2D eigenvalue weighted by Gasteiger charge is 2.32. The van der Waals surface area contributed by atoms with Gasteiger partial charge in [-0.1, -0.05) is 6.07 Å². The molecule has 0 saturated carbocycles. The summed E-state index contributed by atoms with van der Waals surface area (Å²) in [5.41, 5.74) is 3.89. The van der Waals surface area contributed by atoms with E-state index in [0.717, 1.165) is 6.07 Å². The maximum atomic E-state index is 13.6. The normalized spacial score (nSPS) is 14.7. The number of hydrogen-bond acceptors (Lipinski definition) is 2. The van der Waals surface area contributed by atoms with Crippen LogP contribution in [0.25, 0.3) is 0 Å². The van der Waals surface area contributed by atoms with Gasteiger partial charge in [-0.05, 0) is 25.0 Å². The van der Waals surface area contributed by atoms with Crippen molar-refractivity contribution < 1.29 is 17.6 Å². The molecule has 1 atom stereocenters. The van der Waals surface area contributed by atoms with Gasteiger partial charge in [-0.25, -0.2) is 17.6 Å². The second kappa shape index (κ2) is 5.14. The van der Waals surface area contributed by atoms with E-state index in [-0.39, 0.29) is 17.7 Å². The van der Waals surface area contributed by atoms with E-state index < -0.39 is 23.6 Å². The zero-order chi connectivity index (χ0) is 14.1. The van der Waals surface area contributed by atoms with Crippen LogP contribution in [0, 0.1) is 11.6 Å². The number of anilines is 1. The lowest BCUT2D eigenvalue weighted by molar-refractivity contribution is 0.0639. The quantitative estimate of drug-likeness (QED) is 0.847. The Morgan fingerprint density at radius 1 is 1.28 bits per heavy atom. The first-order valence-electron chi connectivity index (χ1n) is 5.38. The Bertz CT molecular complexity index is 430. The second-order valence-electron chi connectivity index (χ2n) is 4.75. The Morgan fingerprint density at radius 2 is 1.83 bits per heavy atom. The molecule has 18 heavy (non-hydrogen) atoms. The molecule has 0 aliphatic rings. The predicted octanol–water partition coefficient (Wildman–Crippen LogP) is 2.56. The molecule has 1 unspecified atom stereocenters. The van der Waals surface area contributed by atoms with Crippen molar-refractivity contribution in [2.45, 2.75) is 25.3 Å². The van der Waals surface area contributed by atoms with Crippen LogP contribution in [0.5, 0.6) is 0 Å². The van der Waals surface area contributed by atoms with Crippen LogP contribution >= 0.6 is 0 Å². The first-order chi connectivity index (χ1) is 8.16. The molecular weight excluding hydrogens is 248 g/mol. The van der Waals surface area contributed by atoms with Crippen LogP contribution in [-0.4, -0.2) is 26.1 Å². The maximum absolute atomic E-state index is 13.6. The fourth-order valence-electron chi connectivity index (χ4n) is 1.69. The Labute approximate surface area is 103 Å². The number of rotatable bonds is 4. The second-order valence-corrected chi connectivity index (χ2v) is 4.75. The van der Waals surface area contributed by atoms with Gasteiger partial charge < -0.3 is 10.6 Å². The van der Waals surface area contributed by atoms with E-state index in [2.05, 4.69) is 0 Å². The van der Waals surface area contributed by atoms with Gasteiger partial charge in [-0.2, -0.15) is 0 Å². The van der Waals surface area contributed by atoms with Crippen molar-refractivity contribution in [2.24, 2.45) is 5.73 Å². The molecule has 0 aliphatic heterocycles. The summed E-state index contributed by atoms with van der Waals surface area (Å²) >= 11 is 0. The molecule has 0 bridgehead atoms. The summed E-state index contributed by atoms with van der Waals surface area (Å²) in [7, 11) is 3.02. The minimum absolute atomic E-state index is 0.0488. The highest BCUT2D eigenvalue weighted by Crippen LogP contribution is 2.29. The van der Waals surface area contributed by atoms with Gasteiger partial charge in [0.15, 0.2) is 11.6 Å². The van der Waals surface area contributed by atoms with Crippen LogP contribution in [0.3, 0.4) is 0 Å². The molecule has 0 spiro atoms. The molecule has 0 aliphatic carbocycles. The van der Waals surface area contributed by atoms with Gasteiger partial charge in [0.2, 0.25) is 0 Å². The Hall–Kier alpha value is -1.30. The third kappa shape index (κ3) is 2.93. The van der Waals surface area contributed by atoms with Crippen molar-refractivity contribution in [3.63, 3.8) is 0 Å². The monoisotopic (exact) mass is 264 g/mol. The molecular formula is C12H16F4N2. The van der Waals surface area contributed by atoms with Crippen molar-refractivity contribution in [3.8, 4) is 0 Å². The Morgan fingerprint density at radius 3 is 2.28 bits per heavy atom. The highest BCUT2D eigenvalue weighted by atomic mass is 19.3. The van der Waals surface area contributed by atoms with Gasteiger partial charge in [0.25, 0.3) is 6.43 Å². The molecule has 0 fully saturated rings. The van der Waals surface area contributed by atoms with Crippen molar-refractivity contribution in [3.05, 3.63) is 29.3 Å². The third-order valence-corrected chi connectivity index (χ3v) is 2.67. The number of halogens is 4. The van der Waals surface area contributed by atoms with E-state index in [9.17, 15) is 17.6 Å². The maximum Gasteiger partial charge on any atom is 0.256 e. The largest absolute Gasteiger partial charge is 0.375 e. The van der Waals surface area contributed by atoms with Gasteiger partial charge in [-0.3, -0.25) is 0 Å². The average molecular weight is 264 g/mol. The fourth-order valence-corrected chi connectivity index (χ4v) is 1.69. The van der Waals surface area contributed by atoms with Crippen LogP contribution in [0.2, 0.25) is 0 Å². The standard InChI is InChI=1S/C12H16F4N2/c1-12(17,11(15)16)6-7-4-5-8(13)9(14)10(7)18(2)3/h4-5,11H,6,17H2,1-3H3. The summed E-state index contributed by atoms with van der Waals surface area (Å²) in [4.78, 5) is 1.34. The molecule has 6 heteroatoms. The van der Waals surface area contributed by atoms with Gasteiger partial charge >= 0.3 is 0 Å². The molecule has 0 radical (unpaired) electrons. The van der Waals surface area contributed by atoms with Gasteiger partial charge in [0, 0.05) is 14.1 Å². The first kappa shape index (κ1) is 14.8. The van der Waals surface area contributed by atoms with Crippen molar-refractivity contribution in [1.29, 1.82) is 0 Å². The number of nitrogens with zero attached hydrogens (tertiary/aromatic N) is 1. The Kier molecular flexibility index (Phi) is 4.21. The molecule has 0 amide bonds. The molecule has 0 heterocycles. The van der Waals surface area contributed by atoms with Crippen LogP contribution in [0.4, 0.5) is 23.2 Å². The summed E-state index contributed by atoms with van der Waals surface area (Å²) in [5, 5.41) is 0. The van der Waals surface area contributed by atoms with Crippen LogP contribution in [0.15, 0.2) is 12.1 Å². The van der Waals surface area contributed by atoms with Crippen LogP contribution < -0.4 is 10.6 Å². The van der Waals surface area contributed by atoms with Crippen LogP contribution in [0.1, 0.15) is 12.5 Å². The lowest BCUT2D eigenvalue weighted by Gasteiger charge is -2.26. The minimum atomic E-state index is -2.75. The van der Waals surface area contributed by atoms with Gasteiger partial charge in [0.1, 0.15) is 0 Å². The van der Waals surface area contributed by atoms with Crippen LogP contribution in [-0.2, 0) is 6.42 Å². The summed E-state index contributed by atoms with van der Waals surface area (Å²) in [6.45, 7) is 1.18. The zero-order valence-electron chi connectivity index (χ0n) is 10.5. The Balaban J connectivity index is 3.22. The van der Waals surface area contributed by atoms with E-state index in [1.54, 1.807) is 0 Å². The first-order valence-corrected chi connectivity index (χ1v) is 5.38. The molecule has 102 valence electrons. The molecule has 0 saturated heterocycles. The summed E-state index contributed by atoms with van der Waals surface area (Å²) in [5.74, 6) is -2.07. The summed E-state index contributed by atoms with van der Waals surface area (Å²) in [6.07, 6.45) is -2.99. The lowest BCUT2D eigenvalue weighted by Crippen LogP contribution is -2.46. The SMILES string of the molecule is CN(C)c1c(CC(C)(N)C(F)F)ccc(F)c1F. The third-order valence-electron chi connectivity index (χ3n) is 2.67. The summed E-state index contributed by atoms with van der Waals surface area (Å²) < 4.78 is 52.2. The van der Waals surface area contributed by atoms with E-state index in [4.69, 9.17) is 5.73 Å². The topological polar surface area (TPSA) is 29.3 Å². The highest BCUT2D eigenvalue weighted by molar-refractivity contribution is 5.54. The van der Waals surface area contributed by atoms with E-state index in [1.807, 2.05) is 0 Å². The zero-order valence-corrected chi connectivity index (χ0v) is 10.5. The molecule has 1 aromatic carbocycles. The molecule has 1 rings (SSSR count). The van der Waals surface area contributed by atoms with Crippen molar-refractivity contribution in [1.82, 2.24) is 0 Å². The number of nitrogens with two attached hydrogens (primary N) is 1. The van der Waals surface area contributed by atoms with Crippen molar-refractivity contribution in [2.75, 3.05) is 19.0 Å². The molecule has 2 N–H and O–H groups in total. The van der Waals surface area contributed by atoms with Gasteiger partial charge in [-0.15, -0.1) is 0 Å². The van der Waals surface area contributed by atoms with E-state index in [1.165, 1.54) is 32.0 Å². The number of alkyl halides is 2. The average Bonchev–Trinajstić information content (AvgIpc) is 2.22.